The maximum atomic E-state index is 12.5. The molecule has 2 fully saturated rings. The minimum atomic E-state index is -1.36. The lowest BCUT2D eigenvalue weighted by Crippen LogP contribution is -2.49. The SMILES string of the molecule is C[C@]12CC[C@@H]3c4ccc(O)cc4CC[C@H]3[C@@H]1CC[C@@H]2C(OC(=O)[C@@H](N)COC(=O)C=[N+]=[N-])C(=O)O. The Labute approximate surface area is 203 Å². The molecule has 0 saturated heterocycles. The molecule has 1 unspecified atom stereocenters. The summed E-state index contributed by atoms with van der Waals surface area (Å²) >= 11 is 0. The number of rotatable bonds is 7. The van der Waals surface area contributed by atoms with Crippen LogP contribution in [0.4, 0.5) is 0 Å². The van der Waals surface area contributed by atoms with Crippen LogP contribution in [0.2, 0.25) is 0 Å². The third kappa shape index (κ3) is 4.68. The lowest BCUT2D eigenvalue weighted by Gasteiger charge is -2.51. The summed E-state index contributed by atoms with van der Waals surface area (Å²) in [4.78, 5) is 38.6. The maximum Gasteiger partial charge on any atom is 0.413 e. The van der Waals surface area contributed by atoms with Crippen molar-refractivity contribution < 1.29 is 38.9 Å². The van der Waals surface area contributed by atoms with Crippen molar-refractivity contribution in [1.82, 2.24) is 0 Å². The van der Waals surface area contributed by atoms with Crippen LogP contribution in [-0.4, -0.2) is 57.9 Å². The predicted octanol–water partition coefficient (Wildman–Crippen LogP) is 2.03. The highest BCUT2D eigenvalue weighted by Crippen LogP contribution is 2.63. The molecule has 0 aliphatic heterocycles. The quantitative estimate of drug-likeness (QED) is 0.228. The highest BCUT2D eigenvalue weighted by Gasteiger charge is 2.58. The molecular formula is C25H31N3O7. The first-order valence-electron chi connectivity index (χ1n) is 12.0. The first-order chi connectivity index (χ1) is 16.7. The zero-order valence-electron chi connectivity index (χ0n) is 19.6. The molecule has 0 heterocycles. The van der Waals surface area contributed by atoms with Crippen molar-refractivity contribution in [2.75, 3.05) is 6.61 Å². The highest BCUT2D eigenvalue weighted by atomic mass is 16.6. The summed E-state index contributed by atoms with van der Waals surface area (Å²) in [5, 5.41) is 19.8. The van der Waals surface area contributed by atoms with E-state index >= 15 is 0 Å². The number of carbonyl (C=O) groups is 3. The Balaban J connectivity index is 1.48. The van der Waals surface area contributed by atoms with E-state index in [0.717, 1.165) is 32.1 Å². The predicted molar refractivity (Wildman–Crippen MR) is 122 cm³/mol. The number of hydrogen-bond acceptors (Lipinski definition) is 7. The number of aliphatic carboxylic acids is 1. The van der Waals surface area contributed by atoms with E-state index in [0.29, 0.717) is 30.4 Å². The molecule has 3 aliphatic carbocycles. The average molecular weight is 486 g/mol. The maximum absolute atomic E-state index is 12.5. The monoisotopic (exact) mass is 485 g/mol. The van der Waals surface area contributed by atoms with E-state index in [1.807, 2.05) is 12.1 Å². The fourth-order valence-electron chi connectivity index (χ4n) is 6.95. The standard InChI is InChI=1S/C25H31N3O7/c1-25-9-8-16-15-5-3-14(29)10-13(15)2-4-17(16)18(25)6-7-19(25)22(23(31)32)35-24(33)20(26)12-34-21(30)11-28-27/h3,5,10-11,16-20,22,29H,2,4,6-9,12,26H2,1H3,(H,31,32)/t16-,17-,18+,19-,20+,22?,25+/m1/s1. The second-order valence-corrected chi connectivity index (χ2v) is 10.2. The van der Waals surface area contributed by atoms with E-state index in [4.69, 9.17) is 20.7 Å². The Kier molecular flexibility index (Phi) is 6.96. The van der Waals surface area contributed by atoms with E-state index in [-0.39, 0.29) is 17.1 Å². The second kappa shape index (κ2) is 9.79. The Morgan fingerprint density at radius 2 is 2.06 bits per heavy atom. The zero-order chi connectivity index (χ0) is 25.3. The summed E-state index contributed by atoms with van der Waals surface area (Å²) in [6.07, 6.45) is 4.26. The van der Waals surface area contributed by atoms with Gasteiger partial charge in [0.15, 0.2) is 0 Å². The molecule has 188 valence electrons. The molecule has 4 N–H and O–H groups in total. The number of carbonyl (C=O) groups excluding carboxylic acids is 2. The number of hydrogen-bond donors (Lipinski definition) is 3. The number of phenolic OH excluding ortho intramolecular Hbond substituents is 1. The molecule has 0 radical (unpaired) electrons. The van der Waals surface area contributed by atoms with Crippen LogP contribution in [0.25, 0.3) is 5.53 Å². The van der Waals surface area contributed by atoms with Gasteiger partial charge >= 0.3 is 24.1 Å². The van der Waals surface area contributed by atoms with Gasteiger partial charge in [-0.2, -0.15) is 4.79 Å². The van der Waals surface area contributed by atoms with Crippen LogP contribution in [0.1, 0.15) is 56.1 Å². The lowest BCUT2D eigenvalue weighted by atomic mass is 9.53. The van der Waals surface area contributed by atoms with Crippen molar-refractivity contribution in [2.45, 2.75) is 63.5 Å². The number of esters is 2. The van der Waals surface area contributed by atoms with Crippen molar-refractivity contribution in [3.8, 4) is 5.75 Å². The number of carboxylic acid groups (broad SMARTS) is 1. The molecule has 2 saturated carbocycles. The summed E-state index contributed by atoms with van der Waals surface area (Å²) in [6, 6.07) is 4.26. The van der Waals surface area contributed by atoms with Gasteiger partial charge in [0.05, 0.1) is 0 Å². The summed E-state index contributed by atoms with van der Waals surface area (Å²) in [5.41, 5.74) is 16.3. The molecule has 10 heteroatoms. The van der Waals surface area contributed by atoms with Gasteiger partial charge in [0.25, 0.3) is 0 Å². The van der Waals surface area contributed by atoms with Gasteiger partial charge in [0.2, 0.25) is 6.10 Å². The van der Waals surface area contributed by atoms with E-state index in [9.17, 15) is 24.6 Å². The van der Waals surface area contributed by atoms with Crippen LogP contribution in [0.15, 0.2) is 18.2 Å². The molecule has 0 bridgehead atoms. The molecule has 1 aromatic carbocycles. The minimum Gasteiger partial charge on any atom is -0.508 e. The Hall–Kier alpha value is -3.23. The minimum absolute atomic E-state index is 0.282. The third-order valence-corrected chi connectivity index (χ3v) is 8.51. The van der Waals surface area contributed by atoms with Gasteiger partial charge in [0.1, 0.15) is 18.4 Å². The average Bonchev–Trinajstić information content (AvgIpc) is 3.17. The van der Waals surface area contributed by atoms with Crippen LogP contribution in [0, 0.1) is 23.2 Å². The molecular weight excluding hydrogens is 454 g/mol. The van der Waals surface area contributed by atoms with Gasteiger partial charge in [0, 0.05) is 5.92 Å². The normalized spacial score (nSPS) is 30.5. The van der Waals surface area contributed by atoms with E-state index < -0.39 is 36.7 Å². The van der Waals surface area contributed by atoms with Crippen molar-refractivity contribution in [3.05, 3.63) is 34.9 Å². The van der Waals surface area contributed by atoms with Crippen molar-refractivity contribution >= 4 is 24.1 Å². The summed E-state index contributed by atoms with van der Waals surface area (Å²) in [7, 11) is 0. The van der Waals surface area contributed by atoms with Crippen LogP contribution >= 0.6 is 0 Å². The molecule has 0 spiro atoms. The zero-order valence-corrected chi connectivity index (χ0v) is 19.6. The number of phenols is 1. The van der Waals surface area contributed by atoms with E-state index in [1.54, 1.807) is 6.07 Å². The number of nitrogens with zero attached hydrogens (tertiary/aromatic N) is 2. The van der Waals surface area contributed by atoms with Gasteiger partial charge < -0.3 is 31.0 Å². The van der Waals surface area contributed by atoms with Crippen molar-refractivity contribution in [3.63, 3.8) is 0 Å². The molecule has 3 aliphatic rings. The van der Waals surface area contributed by atoms with Gasteiger partial charge in [-0.05, 0) is 85.0 Å². The molecule has 10 nitrogen and oxygen atoms in total. The smallest absolute Gasteiger partial charge is 0.413 e. The molecule has 1 aromatic rings. The fourth-order valence-corrected chi connectivity index (χ4v) is 6.95. The number of fused-ring (bicyclic) bond motifs is 5. The van der Waals surface area contributed by atoms with Crippen molar-refractivity contribution in [2.24, 2.45) is 28.9 Å². The first-order valence-corrected chi connectivity index (χ1v) is 12.0. The molecule has 4 rings (SSSR count). The van der Waals surface area contributed by atoms with Gasteiger partial charge in [-0.3, -0.25) is 4.79 Å². The van der Waals surface area contributed by atoms with E-state index in [2.05, 4.69) is 11.7 Å². The van der Waals surface area contributed by atoms with Crippen LogP contribution in [-0.2, 0) is 30.3 Å². The third-order valence-electron chi connectivity index (χ3n) is 8.51. The molecule has 0 amide bonds. The number of nitrogens with two attached hydrogens (primary N) is 1. The first kappa shape index (κ1) is 24.9. The number of ether oxygens (including phenoxy) is 2. The largest absolute Gasteiger partial charge is 0.508 e. The summed E-state index contributed by atoms with van der Waals surface area (Å²) in [6.45, 7) is 1.59. The Morgan fingerprint density at radius 1 is 1.29 bits per heavy atom. The Bertz CT molecular complexity index is 1070. The van der Waals surface area contributed by atoms with E-state index in [1.165, 1.54) is 11.1 Å². The topological polar surface area (TPSA) is 173 Å². The second-order valence-electron chi connectivity index (χ2n) is 10.2. The van der Waals surface area contributed by atoms with Gasteiger partial charge in [-0.15, -0.1) is 0 Å². The van der Waals surface area contributed by atoms with Gasteiger partial charge in [-0.1, -0.05) is 13.0 Å². The van der Waals surface area contributed by atoms with Crippen LogP contribution in [0.5, 0.6) is 5.75 Å². The van der Waals surface area contributed by atoms with Crippen LogP contribution in [0.3, 0.4) is 0 Å². The lowest BCUT2D eigenvalue weighted by molar-refractivity contribution is -0.174. The summed E-state index contributed by atoms with van der Waals surface area (Å²) in [5.74, 6) is -2.13. The van der Waals surface area contributed by atoms with Crippen molar-refractivity contribution in [1.29, 1.82) is 0 Å². The molecule has 0 aromatic heterocycles. The number of benzene rings is 1. The number of aromatic hydroxyl groups is 1. The molecule has 35 heavy (non-hydrogen) atoms. The van der Waals surface area contributed by atoms with Crippen LogP contribution < -0.4 is 5.73 Å². The van der Waals surface area contributed by atoms with Gasteiger partial charge in [-0.25, -0.2) is 9.59 Å². The Morgan fingerprint density at radius 3 is 2.77 bits per heavy atom. The fraction of sp³-hybridized carbons (Fsp3) is 0.600. The number of aryl methyl sites for hydroxylation is 1. The summed E-state index contributed by atoms with van der Waals surface area (Å²) < 4.78 is 10.1. The molecule has 7 atom stereocenters. The number of carboxylic acids is 1. The highest BCUT2D eigenvalue weighted by molar-refractivity contribution is 6.20.